The minimum absolute atomic E-state index is 0.0547. The second-order valence-electron chi connectivity index (χ2n) is 4.01. The molecular formula is C12H13F5N2O2. The van der Waals surface area contributed by atoms with Gasteiger partial charge in [-0.25, -0.2) is 8.78 Å². The smallest absolute Gasteiger partial charge is 0.418 e. The number of nitrogens with two attached hydrogens (primary N) is 1. The summed E-state index contributed by atoms with van der Waals surface area (Å²) in [6.45, 7) is 1.22. The maximum Gasteiger partial charge on any atom is 0.418 e. The van der Waals surface area contributed by atoms with Crippen molar-refractivity contribution in [3.05, 3.63) is 28.6 Å². The summed E-state index contributed by atoms with van der Waals surface area (Å²) in [5, 5.41) is 0. The van der Waals surface area contributed by atoms with Crippen LogP contribution in [0.1, 0.15) is 35.9 Å². The number of nitrogens with zero attached hydrogens (tertiary/aromatic N) is 1. The van der Waals surface area contributed by atoms with Crippen LogP contribution >= 0.6 is 0 Å². The fraction of sp³-hybridized carbons (Fsp3) is 0.500. The molecule has 0 aliphatic heterocycles. The number of pyridine rings is 1. The van der Waals surface area contributed by atoms with Crippen LogP contribution in [0.15, 0.2) is 6.07 Å². The van der Waals surface area contributed by atoms with Gasteiger partial charge < -0.3 is 10.5 Å². The normalized spacial score (nSPS) is 11.8. The molecule has 0 bridgehead atoms. The van der Waals surface area contributed by atoms with Crippen LogP contribution in [0, 0.1) is 0 Å². The van der Waals surface area contributed by atoms with E-state index in [0.29, 0.717) is 6.07 Å². The van der Waals surface area contributed by atoms with Gasteiger partial charge in [0, 0.05) is 6.54 Å². The van der Waals surface area contributed by atoms with Crippen LogP contribution in [0.5, 0.6) is 0 Å². The molecule has 0 unspecified atom stereocenters. The van der Waals surface area contributed by atoms with Crippen molar-refractivity contribution in [2.75, 3.05) is 6.61 Å². The number of esters is 1. The molecule has 0 radical (unpaired) electrons. The van der Waals surface area contributed by atoms with Crippen LogP contribution in [0.2, 0.25) is 0 Å². The van der Waals surface area contributed by atoms with Gasteiger partial charge in [-0.1, -0.05) is 0 Å². The number of carbonyl (C=O) groups is 1. The third-order valence-corrected chi connectivity index (χ3v) is 2.57. The van der Waals surface area contributed by atoms with Crippen LogP contribution in [-0.2, 0) is 28.7 Å². The summed E-state index contributed by atoms with van der Waals surface area (Å²) in [6.07, 6.45) is -8.92. The van der Waals surface area contributed by atoms with Gasteiger partial charge in [0.05, 0.1) is 24.3 Å². The van der Waals surface area contributed by atoms with Crippen LogP contribution in [0.4, 0.5) is 22.0 Å². The topological polar surface area (TPSA) is 65.2 Å². The lowest BCUT2D eigenvalue weighted by Crippen LogP contribution is -2.18. The Bertz CT molecular complexity index is 517. The molecule has 0 aromatic carbocycles. The Morgan fingerprint density at radius 3 is 2.48 bits per heavy atom. The lowest BCUT2D eigenvalue weighted by molar-refractivity contribution is -0.142. The summed E-state index contributed by atoms with van der Waals surface area (Å²) in [7, 11) is 0. The van der Waals surface area contributed by atoms with Crippen molar-refractivity contribution >= 4 is 5.97 Å². The molecule has 0 saturated heterocycles. The minimum Gasteiger partial charge on any atom is -0.466 e. The molecule has 2 N–H and O–H groups in total. The Morgan fingerprint density at radius 1 is 1.43 bits per heavy atom. The molecule has 0 aliphatic rings. The zero-order valence-corrected chi connectivity index (χ0v) is 11.0. The predicted octanol–water partition coefficient (Wildman–Crippen LogP) is 2.60. The largest absolute Gasteiger partial charge is 0.466 e. The summed E-state index contributed by atoms with van der Waals surface area (Å²) in [4.78, 5) is 14.6. The van der Waals surface area contributed by atoms with Gasteiger partial charge in [0.15, 0.2) is 0 Å². The van der Waals surface area contributed by atoms with Crippen molar-refractivity contribution in [1.29, 1.82) is 0 Å². The van der Waals surface area contributed by atoms with E-state index in [-0.39, 0.29) is 24.4 Å². The van der Waals surface area contributed by atoms with Gasteiger partial charge in [-0.05, 0) is 18.6 Å². The van der Waals surface area contributed by atoms with E-state index >= 15 is 0 Å². The Balaban J connectivity index is 3.33. The molecule has 1 aromatic heterocycles. The maximum absolute atomic E-state index is 12.7. The number of hydrogen-bond acceptors (Lipinski definition) is 4. The lowest BCUT2D eigenvalue weighted by atomic mass is 10.0. The highest BCUT2D eigenvalue weighted by Crippen LogP contribution is 2.36. The van der Waals surface area contributed by atoms with E-state index in [1.165, 1.54) is 6.92 Å². The van der Waals surface area contributed by atoms with Crippen LogP contribution in [0.3, 0.4) is 0 Å². The molecule has 1 rings (SSSR count). The molecule has 21 heavy (non-hydrogen) atoms. The van der Waals surface area contributed by atoms with E-state index in [2.05, 4.69) is 9.72 Å². The fourth-order valence-electron chi connectivity index (χ4n) is 1.68. The third-order valence-electron chi connectivity index (χ3n) is 2.57. The van der Waals surface area contributed by atoms with E-state index < -0.39 is 36.2 Å². The van der Waals surface area contributed by atoms with Gasteiger partial charge in [0.1, 0.15) is 5.69 Å². The van der Waals surface area contributed by atoms with Gasteiger partial charge in [-0.3, -0.25) is 9.78 Å². The number of rotatable bonds is 5. The zero-order valence-electron chi connectivity index (χ0n) is 11.0. The van der Waals surface area contributed by atoms with Gasteiger partial charge in [0.25, 0.3) is 6.43 Å². The highest BCUT2D eigenvalue weighted by Gasteiger charge is 2.37. The number of alkyl halides is 5. The van der Waals surface area contributed by atoms with Crippen molar-refractivity contribution < 1.29 is 31.5 Å². The Morgan fingerprint density at radius 2 is 2.05 bits per heavy atom. The van der Waals surface area contributed by atoms with E-state index in [1.807, 2.05) is 0 Å². The first-order valence-electron chi connectivity index (χ1n) is 5.94. The van der Waals surface area contributed by atoms with Gasteiger partial charge >= 0.3 is 12.1 Å². The average Bonchev–Trinajstić information content (AvgIpc) is 2.37. The predicted molar refractivity (Wildman–Crippen MR) is 62.4 cm³/mol. The van der Waals surface area contributed by atoms with E-state index in [9.17, 15) is 26.7 Å². The highest BCUT2D eigenvalue weighted by atomic mass is 19.4. The summed E-state index contributed by atoms with van der Waals surface area (Å²) in [5.41, 5.74) is 1.96. The molecule has 9 heteroatoms. The molecule has 0 amide bonds. The number of halogens is 5. The van der Waals surface area contributed by atoms with Crippen molar-refractivity contribution in [2.24, 2.45) is 5.73 Å². The summed E-state index contributed by atoms with van der Waals surface area (Å²) in [5.74, 6) is -0.778. The number of ether oxygens (including phenoxy) is 1. The molecular weight excluding hydrogens is 299 g/mol. The molecule has 0 fully saturated rings. The zero-order chi connectivity index (χ0) is 16.2. The van der Waals surface area contributed by atoms with Gasteiger partial charge in [0.2, 0.25) is 0 Å². The number of hydrogen-bond donors (Lipinski definition) is 1. The Hall–Kier alpha value is -1.77. The summed E-state index contributed by atoms with van der Waals surface area (Å²) >= 11 is 0. The van der Waals surface area contributed by atoms with E-state index in [1.54, 1.807) is 0 Å². The molecule has 118 valence electrons. The third kappa shape index (κ3) is 4.35. The quantitative estimate of drug-likeness (QED) is 0.670. The SMILES string of the molecule is CCOC(=O)Cc1nc(C(F)F)c(C(F)(F)F)cc1CN. The van der Waals surface area contributed by atoms with E-state index in [4.69, 9.17) is 5.73 Å². The minimum atomic E-state index is -4.98. The number of aromatic nitrogens is 1. The van der Waals surface area contributed by atoms with Gasteiger partial charge in [-0.15, -0.1) is 0 Å². The summed E-state index contributed by atoms with van der Waals surface area (Å²) < 4.78 is 68.3. The molecule has 0 spiro atoms. The molecule has 1 aromatic rings. The first-order valence-corrected chi connectivity index (χ1v) is 5.94. The lowest BCUT2D eigenvalue weighted by Gasteiger charge is -2.16. The monoisotopic (exact) mass is 312 g/mol. The van der Waals surface area contributed by atoms with Crippen molar-refractivity contribution in [2.45, 2.75) is 32.5 Å². The Kier molecular flexibility index (Phi) is 5.59. The highest BCUT2D eigenvalue weighted by molar-refractivity contribution is 5.72. The van der Waals surface area contributed by atoms with Crippen LogP contribution in [-0.4, -0.2) is 17.6 Å². The molecule has 0 atom stereocenters. The van der Waals surface area contributed by atoms with Crippen LogP contribution < -0.4 is 5.73 Å². The number of carbonyl (C=O) groups excluding carboxylic acids is 1. The van der Waals surface area contributed by atoms with Crippen LogP contribution in [0.25, 0.3) is 0 Å². The second-order valence-corrected chi connectivity index (χ2v) is 4.01. The maximum atomic E-state index is 12.7. The molecule has 1 heterocycles. The van der Waals surface area contributed by atoms with Crippen molar-refractivity contribution in [1.82, 2.24) is 4.98 Å². The standard InChI is InChI=1S/C12H13F5N2O2/c1-2-21-9(20)4-8-6(5-18)3-7(12(15,16)17)10(19-8)11(13)14/h3,11H,2,4-5,18H2,1H3. The fourth-order valence-corrected chi connectivity index (χ4v) is 1.68. The molecule has 0 aliphatic carbocycles. The second kappa shape index (κ2) is 6.79. The first-order chi connectivity index (χ1) is 9.70. The molecule has 4 nitrogen and oxygen atoms in total. The average molecular weight is 312 g/mol. The summed E-state index contributed by atoms with van der Waals surface area (Å²) in [6, 6.07) is 0.503. The van der Waals surface area contributed by atoms with Gasteiger partial charge in [-0.2, -0.15) is 13.2 Å². The molecule has 0 saturated carbocycles. The first kappa shape index (κ1) is 17.3. The van der Waals surface area contributed by atoms with Crippen molar-refractivity contribution in [3.63, 3.8) is 0 Å². The van der Waals surface area contributed by atoms with E-state index in [0.717, 1.165) is 0 Å². The Labute approximate surface area is 117 Å². The van der Waals surface area contributed by atoms with Crippen molar-refractivity contribution in [3.8, 4) is 0 Å².